The Bertz CT molecular complexity index is 363. The first-order chi connectivity index (χ1) is 6.51. The molecule has 2 rings (SSSR count). The quantitative estimate of drug-likeness (QED) is 0.827. The van der Waals surface area contributed by atoms with Crippen LogP contribution in [0.5, 0.6) is 0 Å². The molecule has 1 saturated carbocycles. The first-order valence-corrected chi connectivity index (χ1v) is 5.61. The van der Waals surface area contributed by atoms with Gasteiger partial charge >= 0.3 is 0 Å². The molecule has 0 spiro atoms. The molecular formula is C10H11BrClNO. The fourth-order valence-electron chi connectivity index (χ4n) is 1.89. The summed E-state index contributed by atoms with van der Waals surface area (Å²) >= 11 is 9.27. The van der Waals surface area contributed by atoms with Crippen molar-refractivity contribution in [1.29, 1.82) is 0 Å². The van der Waals surface area contributed by atoms with Crippen LogP contribution in [-0.4, -0.2) is 11.2 Å². The Labute approximate surface area is 96.2 Å². The van der Waals surface area contributed by atoms with Crippen molar-refractivity contribution in [2.24, 2.45) is 5.73 Å². The molecule has 1 aliphatic rings. The van der Waals surface area contributed by atoms with Crippen LogP contribution in [-0.2, 0) is 5.54 Å². The minimum atomic E-state index is -0.386. The van der Waals surface area contributed by atoms with Crippen LogP contribution < -0.4 is 5.73 Å². The summed E-state index contributed by atoms with van der Waals surface area (Å²) in [7, 11) is 0. The van der Waals surface area contributed by atoms with Crippen LogP contribution in [0.2, 0.25) is 5.02 Å². The number of rotatable bonds is 1. The van der Waals surface area contributed by atoms with Crippen molar-refractivity contribution in [1.82, 2.24) is 0 Å². The van der Waals surface area contributed by atoms with Crippen LogP contribution in [0.1, 0.15) is 18.4 Å². The molecule has 0 saturated heterocycles. The molecule has 0 atom stereocenters. The van der Waals surface area contributed by atoms with Gasteiger partial charge in [0.2, 0.25) is 0 Å². The molecule has 1 aliphatic carbocycles. The highest BCUT2D eigenvalue weighted by Gasteiger charge is 2.42. The van der Waals surface area contributed by atoms with E-state index in [0.29, 0.717) is 17.9 Å². The predicted octanol–water partition coefficient (Wildman–Crippen LogP) is 2.41. The average Bonchev–Trinajstić information content (AvgIpc) is 2.00. The minimum absolute atomic E-state index is 0.262. The van der Waals surface area contributed by atoms with Crippen molar-refractivity contribution < 1.29 is 5.11 Å². The summed E-state index contributed by atoms with van der Waals surface area (Å²) in [6, 6.07) is 5.56. The zero-order valence-corrected chi connectivity index (χ0v) is 9.85. The van der Waals surface area contributed by atoms with Crippen LogP contribution in [0.3, 0.4) is 0 Å². The van der Waals surface area contributed by atoms with Gasteiger partial charge in [-0.2, -0.15) is 0 Å². The molecule has 4 heteroatoms. The second-order valence-corrected chi connectivity index (χ2v) is 5.13. The van der Waals surface area contributed by atoms with Crippen molar-refractivity contribution in [2.45, 2.75) is 24.5 Å². The van der Waals surface area contributed by atoms with Gasteiger partial charge in [0.15, 0.2) is 0 Å². The Hall–Kier alpha value is -0.0900. The molecule has 1 fully saturated rings. The van der Waals surface area contributed by atoms with Crippen molar-refractivity contribution in [2.75, 3.05) is 0 Å². The number of aliphatic hydroxyl groups is 1. The van der Waals surface area contributed by atoms with Gasteiger partial charge in [-0.25, -0.2) is 0 Å². The van der Waals surface area contributed by atoms with Crippen molar-refractivity contribution in [3.8, 4) is 0 Å². The zero-order chi connectivity index (χ0) is 10.3. The van der Waals surface area contributed by atoms with Crippen LogP contribution in [0.15, 0.2) is 22.7 Å². The van der Waals surface area contributed by atoms with Crippen molar-refractivity contribution in [3.63, 3.8) is 0 Å². The van der Waals surface area contributed by atoms with Gasteiger partial charge in [0.1, 0.15) is 0 Å². The lowest BCUT2D eigenvalue weighted by molar-refractivity contribution is 0.0206. The first kappa shape index (κ1) is 10.4. The van der Waals surface area contributed by atoms with E-state index in [4.69, 9.17) is 17.3 Å². The summed E-state index contributed by atoms with van der Waals surface area (Å²) in [4.78, 5) is 0. The van der Waals surface area contributed by atoms with Gasteiger partial charge < -0.3 is 10.8 Å². The Morgan fingerprint density at radius 1 is 1.50 bits per heavy atom. The molecule has 0 aromatic heterocycles. The minimum Gasteiger partial charge on any atom is -0.393 e. The molecule has 0 radical (unpaired) electrons. The van der Waals surface area contributed by atoms with Crippen LogP contribution in [0.25, 0.3) is 0 Å². The smallest absolute Gasteiger partial charge is 0.0582 e. The maximum atomic E-state index is 9.27. The van der Waals surface area contributed by atoms with Gasteiger partial charge in [0, 0.05) is 15.0 Å². The Morgan fingerprint density at radius 3 is 2.64 bits per heavy atom. The highest BCUT2D eigenvalue weighted by molar-refractivity contribution is 9.10. The standard InChI is InChI=1S/C10H11BrClNO/c11-9-3-6(12)1-2-8(9)10(13)4-7(14)5-10/h1-3,7,14H,4-5,13H2. The number of benzene rings is 1. The molecule has 0 heterocycles. The number of aliphatic hydroxyl groups excluding tert-OH is 1. The van der Waals surface area contributed by atoms with Gasteiger partial charge in [-0.05, 0) is 30.5 Å². The van der Waals surface area contributed by atoms with Crippen molar-refractivity contribution in [3.05, 3.63) is 33.3 Å². The first-order valence-electron chi connectivity index (χ1n) is 4.44. The van der Waals surface area contributed by atoms with Gasteiger partial charge in [0.05, 0.1) is 6.10 Å². The van der Waals surface area contributed by atoms with E-state index in [1.165, 1.54) is 0 Å². The summed E-state index contributed by atoms with van der Waals surface area (Å²) in [5, 5.41) is 9.95. The van der Waals surface area contributed by atoms with Crippen LogP contribution >= 0.6 is 27.5 Å². The lowest BCUT2D eigenvalue weighted by Gasteiger charge is -2.43. The number of hydrogen-bond donors (Lipinski definition) is 2. The third kappa shape index (κ3) is 1.70. The lowest BCUT2D eigenvalue weighted by Crippen LogP contribution is -2.51. The van der Waals surface area contributed by atoms with Gasteiger partial charge in [-0.3, -0.25) is 0 Å². The fourth-order valence-corrected chi connectivity index (χ4v) is 2.97. The Morgan fingerprint density at radius 2 is 2.14 bits per heavy atom. The fraction of sp³-hybridized carbons (Fsp3) is 0.400. The molecule has 1 aromatic rings. The second kappa shape index (κ2) is 3.49. The third-order valence-electron chi connectivity index (χ3n) is 2.67. The molecular weight excluding hydrogens is 265 g/mol. The number of nitrogens with two attached hydrogens (primary N) is 1. The highest BCUT2D eigenvalue weighted by Crippen LogP contribution is 2.42. The monoisotopic (exact) mass is 275 g/mol. The number of hydrogen-bond acceptors (Lipinski definition) is 2. The van der Waals surface area contributed by atoms with Crippen LogP contribution in [0, 0.1) is 0 Å². The highest BCUT2D eigenvalue weighted by atomic mass is 79.9. The van der Waals surface area contributed by atoms with Crippen molar-refractivity contribution >= 4 is 27.5 Å². The molecule has 1 aromatic carbocycles. The average molecular weight is 277 g/mol. The lowest BCUT2D eigenvalue weighted by atomic mass is 9.71. The summed E-state index contributed by atoms with van der Waals surface area (Å²) in [5.74, 6) is 0. The van der Waals surface area contributed by atoms with E-state index in [-0.39, 0.29) is 11.6 Å². The maximum Gasteiger partial charge on any atom is 0.0582 e. The van der Waals surface area contributed by atoms with Gasteiger partial charge in [0.25, 0.3) is 0 Å². The third-order valence-corrected chi connectivity index (χ3v) is 3.56. The Balaban J connectivity index is 2.33. The summed E-state index contributed by atoms with van der Waals surface area (Å²) in [6.07, 6.45) is 0.975. The molecule has 0 amide bonds. The normalized spacial score (nSPS) is 31.3. The molecule has 76 valence electrons. The van der Waals surface area contributed by atoms with E-state index in [1.807, 2.05) is 18.2 Å². The van der Waals surface area contributed by atoms with E-state index in [9.17, 15) is 5.11 Å². The van der Waals surface area contributed by atoms with E-state index >= 15 is 0 Å². The summed E-state index contributed by atoms with van der Waals surface area (Å²) < 4.78 is 0.916. The predicted molar refractivity (Wildman–Crippen MR) is 60.3 cm³/mol. The summed E-state index contributed by atoms with van der Waals surface area (Å²) in [6.45, 7) is 0. The molecule has 0 unspecified atom stereocenters. The zero-order valence-electron chi connectivity index (χ0n) is 7.50. The van der Waals surface area contributed by atoms with E-state index in [2.05, 4.69) is 15.9 Å². The second-order valence-electron chi connectivity index (χ2n) is 3.84. The summed E-state index contributed by atoms with van der Waals surface area (Å²) in [5.41, 5.74) is 6.77. The SMILES string of the molecule is NC1(c2ccc(Cl)cc2Br)CC(O)C1. The Kier molecular flexibility index (Phi) is 2.60. The molecule has 0 aliphatic heterocycles. The molecule has 0 bridgehead atoms. The number of halogens is 2. The molecule has 14 heavy (non-hydrogen) atoms. The van der Waals surface area contributed by atoms with E-state index < -0.39 is 0 Å². The van der Waals surface area contributed by atoms with Gasteiger partial charge in [-0.1, -0.05) is 33.6 Å². The molecule has 3 N–H and O–H groups in total. The largest absolute Gasteiger partial charge is 0.393 e. The maximum absolute atomic E-state index is 9.27. The topological polar surface area (TPSA) is 46.2 Å². The van der Waals surface area contributed by atoms with Crippen LogP contribution in [0.4, 0.5) is 0 Å². The van der Waals surface area contributed by atoms with E-state index in [1.54, 1.807) is 0 Å². The van der Waals surface area contributed by atoms with Gasteiger partial charge in [-0.15, -0.1) is 0 Å². The van der Waals surface area contributed by atoms with E-state index in [0.717, 1.165) is 10.0 Å². The molecule has 2 nitrogen and oxygen atoms in total.